The minimum absolute atomic E-state index is 0.151. The largest absolute Gasteiger partial charge is 0.506 e. The molecule has 0 atom stereocenters. The van der Waals surface area contributed by atoms with E-state index < -0.39 is 10.1 Å². The van der Waals surface area contributed by atoms with Gasteiger partial charge in [-0.25, -0.2) is 0 Å². The molecule has 0 aliphatic carbocycles. The number of rotatable bonds is 5. The van der Waals surface area contributed by atoms with Crippen molar-refractivity contribution in [2.45, 2.75) is 4.90 Å². The molecule has 7 heteroatoms. The summed E-state index contributed by atoms with van der Waals surface area (Å²) in [6, 6.07) is 16.3. The van der Waals surface area contributed by atoms with Crippen molar-refractivity contribution >= 4 is 32.3 Å². The minimum atomic E-state index is -4.07. The fourth-order valence-corrected chi connectivity index (χ4v) is 2.59. The number of hydrogen-bond acceptors (Lipinski definition) is 6. The van der Waals surface area contributed by atoms with E-state index in [2.05, 4.69) is 19.9 Å². The Bertz CT molecular complexity index is 1040. The van der Waals surface area contributed by atoms with Crippen molar-refractivity contribution in [3.05, 3.63) is 60.7 Å². The first-order chi connectivity index (χ1) is 12.0. The first kappa shape index (κ1) is 12.7. The zero-order valence-corrected chi connectivity index (χ0v) is 12.5. The first-order valence-electron chi connectivity index (χ1n) is 7.43. The maximum atomic E-state index is 11.4. The topological polar surface area (TPSA) is 99.3 Å². The quantitative estimate of drug-likeness (QED) is 0.540. The van der Waals surface area contributed by atoms with Crippen molar-refractivity contribution < 1.29 is 18.1 Å². The molecule has 0 amide bonds. The Labute approximate surface area is 135 Å². The summed E-state index contributed by atoms with van der Waals surface area (Å²) in [6.45, 7) is 0. The fraction of sp³-hybridized carbons (Fsp3) is 0. The van der Waals surface area contributed by atoms with Crippen LogP contribution >= 0.6 is 0 Å². The highest BCUT2D eigenvalue weighted by atomic mass is 32.2. The molecule has 0 heterocycles. The Morgan fingerprint density at radius 2 is 1.70 bits per heavy atom. The standard InChI is InChI=1S/C16H12N2O4S/c19-15-10-5-11-3-1-2-4-14(11)16(15)18-17-12-6-8-13(9-7-12)23(20,21)22/h1-10,19H,(H,20,21,22)/i/hD2. The Kier molecular flexibility index (Phi) is 3.21. The maximum Gasteiger partial charge on any atom is 0.294 e. The second-order valence-electron chi connectivity index (χ2n) is 4.78. The van der Waals surface area contributed by atoms with Gasteiger partial charge in [-0.1, -0.05) is 30.3 Å². The molecule has 0 unspecified atom stereocenters. The van der Waals surface area contributed by atoms with Gasteiger partial charge in [-0.05, 0) is 35.7 Å². The van der Waals surface area contributed by atoms with E-state index in [4.69, 9.17) is 2.86 Å². The van der Waals surface area contributed by atoms with Crippen LogP contribution in [0.3, 0.4) is 0 Å². The average Bonchev–Trinajstić information content (AvgIpc) is 2.66. The Morgan fingerprint density at radius 1 is 0.913 bits per heavy atom. The van der Waals surface area contributed by atoms with E-state index >= 15 is 0 Å². The summed E-state index contributed by atoms with van der Waals surface area (Å²) >= 11 is 0. The number of azo groups is 1. The van der Waals surface area contributed by atoms with E-state index in [0.29, 0.717) is 11.4 Å². The third kappa shape index (κ3) is 3.20. The lowest BCUT2D eigenvalue weighted by atomic mass is 10.1. The SMILES string of the molecule is [2H]Oc1ccc2ccccc2c1N=Nc1ccc(S(=O)(=O)O[2H])cc1. The second-order valence-corrected chi connectivity index (χ2v) is 6.16. The van der Waals surface area contributed by atoms with E-state index in [-0.39, 0.29) is 10.6 Å². The van der Waals surface area contributed by atoms with Gasteiger partial charge in [0.05, 0.1) is 10.6 Å². The summed E-state index contributed by atoms with van der Waals surface area (Å²) in [6.07, 6.45) is 0. The molecule has 0 saturated carbocycles. The first-order valence-corrected chi connectivity index (χ1v) is 8.02. The number of fused-ring (bicyclic) bond motifs is 1. The number of benzene rings is 3. The molecule has 3 rings (SSSR count). The molecule has 0 bridgehead atoms. The summed E-state index contributed by atoms with van der Waals surface area (Å²) in [7, 11) is -4.07. The van der Waals surface area contributed by atoms with Crippen LogP contribution in [0.25, 0.3) is 12.2 Å². The van der Waals surface area contributed by atoms with Crippen LogP contribution in [0.5, 0.6) is 5.75 Å². The molecule has 0 aliphatic heterocycles. The van der Waals surface area contributed by atoms with E-state index in [0.717, 1.165) is 10.8 Å². The molecule has 0 fully saturated rings. The Morgan fingerprint density at radius 3 is 2.43 bits per heavy atom. The van der Waals surface area contributed by atoms with Gasteiger partial charge in [-0.3, -0.25) is 4.56 Å². The van der Waals surface area contributed by atoms with Crippen LogP contribution in [0, 0.1) is 0 Å². The van der Waals surface area contributed by atoms with E-state index in [9.17, 15) is 8.42 Å². The lowest BCUT2D eigenvalue weighted by Crippen LogP contribution is -1.96. The summed E-state index contributed by atoms with van der Waals surface area (Å²) in [5.74, 6) is 0.254. The molecule has 0 aliphatic rings. The second kappa shape index (κ2) is 5.79. The molecule has 23 heavy (non-hydrogen) atoms. The van der Waals surface area contributed by atoms with Crippen molar-refractivity contribution in [3.8, 4) is 5.75 Å². The molecule has 0 spiro atoms. The van der Waals surface area contributed by atoms with Crippen LogP contribution in [-0.4, -0.2) is 19.5 Å². The van der Waals surface area contributed by atoms with Crippen LogP contribution in [-0.2, 0) is 10.1 Å². The molecule has 0 radical (unpaired) electrons. The van der Waals surface area contributed by atoms with Crippen LogP contribution in [0.2, 0.25) is 0 Å². The van der Waals surface area contributed by atoms with Crippen molar-refractivity contribution in [2.24, 2.45) is 10.2 Å². The highest BCUT2D eigenvalue weighted by Gasteiger charge is 2.09. The molecule has 0 saturated heterocycles. The fourth-order valence-electron chi connectivity index (χ4n) is 2.13. The normalized spacial score (nSPS) is 13.0. The predicted octanol–water partition coefficient (Wildman–Crippen LogP) is 4.21. The van der Waals surface area contributed by atoms with Gasteiger partial charge in [0.2, 0.25) is 1.43 Å². The third-order valence-corrected chi connectivity index (χ3v) is 4.10. The van der Waals surface area contributed by atoms with Gasteiger partial charge >= 0.3 is 0 Å². The molecule has 6 nitrogen and oxygen atoms in total. The van der Waals surface area contributed by atoms with Crippen LogP contribution in [0.15, 0.2) is 75.8 Å². The zero-order chi connectivity index (χ0) is 17.9. The van der Waals surface area contributed by atoms with Gasteiger partial charge < -0.3 is 5.11 Å². The van der Waals surface area contributed by atoms with Crippen molar-refractivity contribution in [1.82, 2.24) is 0 Å². The van der Waals surface area contributed by atoms with Gasteiger partial charge in [-0.2, -0.15) is 13.5 Å². The molecule has 3 aromatic carbocycles. The maximum absolute atomic E-state index is 11.4. The Hall–Kier alpha value is -2.77. The van der Waals surface area contributed by atoms with E-state index in [1.807, 2.05) is 30.3 Å². The van der Waals surface area contributed by atoms with Crippen LogP contribution < -0.4 is 0 Å². The van der Waals surface area contributed by atoms with Crippen LogP contribution in [0.4, 0.5) is 11.4 Å². The van der Waals surface area contributed by atoms with Gasteiger partial charge in [0.15, 0.2) is 0 Å². The average molecular weight is 330 g/mol. The summed E-state index contributed by atoms with van der Waals surface area (Å²) in [5, 5.41) is 14.5. The number of nitrogens with zero attached hydrogens (tertiary/aromatic N) is 2. The summed E-state index contributed by atoms with van der Waals surface area (Å²) < 4.78 is 40.3. The van der Waals surface area contributed by atoms with Crippen molar-refractivity contribution in [2.75, 3.05) is 0 Å². The van der Waals surface area contributed by atoms with Gasteiger partial charge in [0, 0.05) is 5.39 Å². The highest BCUT2D eigenvalue weighted by Crippen LogP contribution is 2.35. The smallest absolute Gasteiger partial charge is 0.294 e. The molecule has 2 N–H and O–H groups in total. The number of hydrogen-bond donors (Lipinski definition) is 2. The molecular formula is C16H12N2O4S. The molecule has 116 valence electrons. The third-order valence-electron chi connectivity index (χ3n) is 3.25. The van der Waals surface area contributed by atoms with Gasteiger partial charge in [-0.15, -0.1) is 5.11 Å². The molecule has 3 aromatic rings. The summed E-state index contributed by atoms with van der Waals surface area (Å²) in [4.78, 5) is -0.151. The monoisotopic (exact) mass is 330 g/mol. The zero-order valence-electron chi connectivity index (χ0n) is 13.7. The van der Waals surface area contributed by atoms with E-state index in [1.54, 1.807) is 6.07 Å². The number of aromatic hydroxyl groups is 1. The minimum Gasteiger partial charge on any atom is -0.506 e. The van der Waals surface area contributed by atoms with Crippen molar-refractivity contribution in [3.63, 3.8) is 0 Å². The predicted molar refractivity (Wildman–Crippen MR) is 86.0 cm³/mol. The Balaban J connectivity index is 1.98. The highest BCUT2D eigenvalue weighted by molar-refractivity contribution is 7.85. The van der Waals surface area contributed by atoms with Gasteiger partial charge in [0.25, 0.3) is 11.5 Å². The van der Waals surface area contributed by atoms with Crippen LogP contribution in [0.1, 0.15) is 0 Å². The number of phenols is 1. The molecular weight excluding hydrogens is 316 g/mol. The lowest BCUT2D eigenvalue weighted by Gasteiger charge is -2.03. The van der Waals surface area contributed by atoms with E-state index in [1.165, 1.54) is 24.3 Å². The molecule has 0 aromatic heterocycles. The summed E-state index contributed by atoms with van der Waals surface area (Å²) in [5.41, 5.74) is 0.798. The van der Waals surface area contributed by atoms with Crippen molar-refractivity contribution in [1.29, 1.82) is 2.86 Å². The lowest BCUT2D eigenvalue weighted by molar-refractivity contribution is 0.477. The van der Waals surface area contributed by atoms with Gasteiger partial charge in [0.1, 0.15) is 11.4 Å². The number of phenolic OH excluding ortho intramolecular Hbond substituents is 1.